The Bertz CT molecular complexity index is 578. The molecule has 92 valence electrons. The van der Waals surface area contributed by atoms with Crippen molar-refractivity contribution in [2.24, 2.45) is 5.92 Å². The first kappa shape index (κ1) is 12.7. The molecule has 6 heteroatoms. The van der Waals surface area contributed by atoms with Crippen molar-refractivity contribution in [3.8, 4) is 0 Å². The molecule has 4 nitrogen and oxygen atoms in total. The van der Waals surface area contributed by atoms with Crippen molar-refractivity contribution in [2.45, 2.75) is 13.5 Å². The molecule has 0 aromatic carbocycles. The van der Waals surface area contributed by atoms with E-state index in [1.807, 2.05) is 10.6 Å². The number of nitrogens with one attached hydrogen (secondary N) is 1. The van der Waals surface area contributed by atoms with Crippen LogP contribution in [0.15, 0.2) is 16.7 Å². The second kappa shape index (κ2) is 5.29. The molecular weight excluding hydrogens is 302 g/mol. The number of H-pyrrole nitrogens is 1. The number of imidazole rings is 1. The van der Waals surface area contributed by atoms with Crippen molar-refractivity contribution in [1.29, 1.82) is 0 Å². The van der Waals surface area contributed by atoms with Gasteiger partial charge in [0, 0.05) is 24.3 Å². The summed E-state index contributed by atoms with van der Waals surface area (Å²) < 4.78 is 8.80. The number of methoxy groups -OCH3 is 1. The number of nitrogens with zero attached hydrogens (tertiary/aromatic N) is 2. The van der Waals surface area contributed by atoms with E-state index in [1.165, 1.54) is 0 Å². The van der Waals surface area contributed by atoms with Gasteiger partial charge in [-0.05, 0) is 40.1 Å². The Morgan fingerprint density at radius 3 is 3.12 bits per heavy atom. The van der Waals surface area contributed by atoms with E-state index in [2.05, 4.69) is 32.8 Å². The lowest BCUT2D eigenvalue weighted by Crippen LogP contribution is -2.13. The van der Waals surface area contributed by atoms with Crippen molar-refractivity contribution in [1.82, 2.24) is 14.5 Å². The van der Waals surface area contributed by atoms with Gasteiger partial charge in [0.25, 0.3) is 0 Å². The largest absolute Gasteiger partial charge is 0.384 e. The summed E-state index contributed by atoms with van der Waals surface area (Å²) in [5, 5.41) is 0. The number of ether oxygens (including phenoxy) is 1. The highest BCUT2D eigenvalue weighted by Gasteiger charge is 2.09. The van der Waals surface area contributed by atoms with E-state index >= 15 is 0 Å². The fourth-order valence-electron chi connectivity index (χ4n) is 1.84. The number of halogens is 1. The molecule has 2 aromatic heterocycles. The number of aromatic amines is 1. The Labute approximate surface area is 113 Å². The van der Waals surface area contributed by atoms with Gasteiger partial charge in [-0.2, -0.15) is 0 Å². The predicted molar refractivity (Wildman–Crippen MR) is 73.7 cm³/mol. The highest BCUT2D eigenvalue weighted by molar-refractivity contribution is 9.10. The summed E-state index contributed by atoms with van der Waals surface area (Å²) in [6.45, 7) is 3.65. The van der Waals surface area contributed by atoms with E-state index in [-0.39, 0.29) is 0 Å². The van der Waals surface area contributed by atoms with Crippen LogP contribution in [0.1, 0.15) is 6.92 Å². The molecule has 0 amide bonds. The number of hydrogen-bond donors (Lipinski definition) is 1. The van der Waals surface area contributed by atoms with Gasteiger partial charge >= 0.3 is 0 Å². The van der Waals surface area contributed by atoms with Gasteiger partial charge in [-0.1, -0.05) is 6.92 Å². The first-order chi connectivity index (χ1) is 8.11. The molecule has 0 radical (unpaired) electrons. The van der Waals surface area contributed by atoms with Crippen LogP contribution in [-0.2, 0) is 11.3 Å². The predicted octanol–water partition coefficient (Wildman–Crippen LogP) is 3.14. The standard InChI is InChI=1S/C11H14BrN3OS/c1-7(6-16-2)5-15-10-9(14-11(15)17)3-8(12)4-13-10/h3-4,7H,5-6H2,1-2H3,(H,14,17). The maximum atomic E-state index is 5.31. The number of hydrogen-bond acceptors (Lipinski definition) is 3. The van der Waals surface area contributed by atoms with E-state index in [9.17, 15) is 0 Å². The number of fused-ring (bicyclic) bond motifs is 1. The van der Waals surface area contributed by atoms with Crippen molar-refractivity contribution in [3.05, 3.63) is 21.5 Å². The van der Waals surface area contributed by atoms with Gasteiger partial charge in [-0.25, -0.2) is 4.98 Å². The lowest BCUT2D eigenvalue weighted by molar-refractivity contribution is 0.151. The molecule has 0 aliphatic carbocycles. The van der Waals surface area contributed by atoms with E-state index in [1.54, 1.807) is 13.3 Å². The van der Waals surface area contributed by atoms with Gasteiger partial charge in [0.15, 0.2) is 10.4 Å². The first-order valence-corrected chi connectivity index (χ1v) is 6.55. The Hall–Kier alpha value is -0.720. The molecule has 0 saturated heterocycles. The molecule has 2 aromatic rings. The quantitative estimate of drug-likeness (QED) is 0.881. The highest BCUT2D eigenvalue weighted by Crippen LogP contribution is 2.18. The van der Waals surface area contributed by atoms with E-state index in [0.717, 1.165) is 22.2 Å². The second-order valence-corrected chi connectivity index (χ2v) is 5.43. The first-order valence-electron chi connectivity index (χ1n) is 5.35. The van der Waals surface area contributed by atoms with Crippen molar-refractivity contribution < 1.29 is 4.74 Å². The SMILES string of the molecule is COCC(C)Cn1c(=S)[nH]c2cc(Br)cnc21. The Kier molecular flexibility index (Phi) is 3.96. The molecule has 0 saturated carbocycles. The number of pyridine rings is 1. The van der Waals surface area contributed by atoms with Gasteiger partial charge in [-0.3, -0.25) is 0 Å². The zero-order valence-electron chi connectivity index (χ0n) is 9.74. The van der Waals surface area contributed by atoms with E-state index < -0.39 is 0 Å². The molecule has 2 rings (SSSR count). The molecule has 2 heterocycles. The molecule has 1 N–H and O–H groups in total. The normalized spacial score (nSPS) is 13.1. The van der Waals surface area contributed by atoms with Crippen molar-refractivity contribution in [3.63, 3.8) is 0 Å². The van der Waals surface area contributed by atoms with Crippen LogP contribution in [0.5, 0.6) is 0 Å². The topological polar surface area (TPSA) is 42.8 Å². The van der Waals surface area contributed by atoms with Gasteiger partial charge in [0.2, 0.25) is 0 Å². The van der Waals surface area contributed by atoms with Crippen molar-refractivity contribution >= 4 is 39.3 Å². The summed E-state index contributed by atoms with van der Waals surface area (Å²) in [5.74, 6) is 0.399. The zero-order valence-corrected chi connectivity index (χ0v) is 12.1. The zero-order chi connectivity index (χ0) is 12.4. The highest BCUT2D eigenvalue weighted by atomic mass is 79.9. The van der Waals surface area contributed by atoms with Crippen LogP contribution in [-0.4, -0.2) is 28.3 Å². The third-order valence-corrected chi connectivity index (χ3v) is 3.28. The summed E-state index contributed by atoms with van der Waals surface area (Å²) in [6, 6.07) is 1.98. The fourth-order valence-corrected chi connectivity index (χ4v) is 2.44. The monoisotopic (exact) mass is 315 g/mol. The third-order valence-electron chi connectivity index (χ3n) is 2.52. The average molecular weight is 316 g/mol. The second-order valence-electron chi connectivity index (χ2n) is 4.13. The Morgan fingerprint density at radius 2 is 2.41 bits per heavy atom. The van der Waals surface area contributed by atoms with Crippen LogP contribution in [0, 0.1) is 10.7 Å². The van der Waals surface area contributed by atoms with Crippen LogP contribution in [0.2, 0.25) is 0 Å². The van der Waals surface area contributed by atoms with Crippen LogP contribution >= 0.6 is 28.1 Å². The minimum atomic E-state index is 0.399. The van der Waals surface area contributed by atoms with Crippen molar-refractivity contribution in [2.75, 3.05) is 13.7 Å². The Morgan fingerprint density at radius 1 is 1.65 bits per heavy atom. The minimum absolute atomic E-state index is 0.399. The van der Waals surface area contributed by atoms with Crippen LogP contribution in [0.4, 0.5) is 0 Å². The molecule has 1 unspecified atom stereocenters. The summed E-state index contributed by atoms with van der Waals surface area (Å²) >= 11 is 8.71. The summed E-state index contributed by atoms with van der Waals surface area (Å²) in [6.07, 6.45) is 1.78. The molecule has 0 spiro atoms. The molecule has 17 heavy (non-hydrogen) atoms. The molecule has 0 aliphatic heterocycles. The van der Waals surface area contributed by atoms with E-state index in [0.29, 0.717) is 17.3 Å². The van der Waals surface area contributed by atoms with Gasteiger partial charge in [0.05, 0.1) is 12.1 Å². The molecule has 0 aliphatic rings. The summed E-state index contributed by atoms with van der Waals surface area (Å²) in [4.78, 5) is 7.55. The van der Waals surface area contributed by atoms with Crippen LogP contribution in [0.25, 0.3) is 11.2 Å². The maximum absolute atomic E-state index is 5.31. The Balaban J connectivity index is 2.40. The van der Waals surface area contributed by atoms with Gasteiger partial charge in [0.1, 0.15) is 0 Å². The fraction of sp³-hybridized carbons (Fsp3) is 0.455. The molecule has 1 atom stereocenters. The third kappa shape index (κ3) is 2.75. The minimum Gasteiger partial charge on any atom is -0.384 e. The van der Waals surface area contributed by atoms with Gasteiger partial charge < -0.3 is 14.3 Å². The average Bonchev–Trinajstić information content (AvgIpc) is 2.55. The number of aromatic nitrogens is 3. The lowest BCUT2D eigenvalue weighted by atomic mass is 10.2. The van der Waals surface area contributed by atoms with E-state index in [4.69, 9.17) is 17.0 Å². The summed E-state index contributed by atoms with van der Waals surface area (Å²) in [5.41, 5.74) is 1.84. The molecule has 0 fully saturated rings. The number of rotatable bonds is 4. The smallest absolute Gasteiger partial charge is 0.179 e. The molecular formula is C11H14BrN3OS. The van der Waals surface area contributed by atoms with Gasteiger partial charge in [-0.15, -0.1) is 0 Å². The van der Waals surface area contributed by atoms with Crippen LogP contribution < -0.4 is 0 Å². The maximum Gasteiger partial charge on any atom is 0.179 e. The lowest BCUT2D eigenvalue weighted by Gasteiger charge is -2.11. The van der Waals surface area contributed by atoms with Crippen LogP contribution in [0.3, 0.4) is 0 Å². The molecule has 0 bridgehead atoms. The summed E-state index contributed by atoms with van der Waals surface area (Å²) in [7, 11) is 1.71.